The van der Waals surface area contributed by atoms with Crippen molar-refractivity contribution < 1.29 is 13.2 Å². The van der Waals surface area contributed by atoms with Gasteiger partial charge < -0.3 is 0 Å². The van der Waals surface area contributed by atoms with Gasteiger partial charge in [0.1, 0.15) is 10.4 Å². The molecule has 0 aromatic carbocycles. The van der Waals surface area contributed by atoms with Crippen molar-refractivity contribution in [2.45, 2.75) is 36.6 Å². The Morgan fingerprint density at radius 2 is 2.33 bits per heavy atom. The Bertz CT molecular complexity index is 573. The second-order valence-corrected chi connectivity index (χ2v) is 7.32. The van der Waals surface area contributed by atoms with Crippen LogP contribution < -0.4 is 0 Å². The summed E-state index contributed by atoms with van der Waals surface area (Å²) >= 11 is 1.28. The molecule has 0 radical (unpaired) electrons. The molecule has 1 aliphatic rings. The fraction of sp³-hybridized carbons (Fsp3) is 0.545. The number of carbonyl (C=O) groups excluding carboxylic acids is 1. The largest absolute Gasteiger partial charge is 0.254 e. The molecule has 0 aliphatic carbocycles. The smallest absolute Gasteiger partial charge is 0.211 e. The number of thiophene rings is 1. The van der Waals surface area contributed by atoms with Crippen molar-refractivity contribution in [2.24, 2.45) is 4.99 Å². The molecule has 1 fully saturated rings. The van der Waals surface area contributed by atoms with Crippen LogP contribution in [0.2, 0.25) is 0 Å². The maximum absolute atomic E-state index is 12.4. The van der Waals surface area contributed by atoms with E-state index in [9.17, 15) is 13.2 Å². The average molecular weight is 286 g/mol. The highest BCUT2D eigenvalue weighted by molar-refractivity contribution is 7.91. The molecule has 1 aromatic heterocycles. The predicted octanol–water partition coefficient (Wildman–Crippen LogP) is 1.76. The van der Waals surface area contributed by atoms with Crippen LogP contribution in [0.4, 0.5) is 0 Å². The summed E-state index contributed by atoms with van der Waals surface area (Å²) in [6.07, 6.45) is 2.99. The zero-order valence-electron chi connectivity index (χ0n) is 10.00. The van der Waals surface area contributed by atoms with Gasteiger partial charge in [0.2, 0.25) is 6.08 Å². The fourth-order valence-electron chi connectivity index (χ4n) is 2.00. The van der Waals surface area contributed by atoms with Gasteiger partial charge in [-0.15, -0.1) is 11.3 Å². The highest BCUT2D eigenvalue weighted by Gasteiger charge is 2.36. The van der Waals surface area contributed by atoms with E-state index >= 15 is 0 Å². The van der Waals surface area contributed by atoms with Gasteiger partial charge in [-0.05, 0) is 31.4 Å². The minimum atomic E-state index is -3.52. The van der Waals surface area contributed by atoms with Crippen LogP contribution in [-0.4, -0.2) is 31.5 Å². The highest BCUT2D eigenvalue weighted by atomic mass is 32.2. The Labute approximate surface area is 110 Å². The number of isocyanates is 1. The quantitative estimate of drug-likeness (QED) is 0.625. The standard InChI is InChI=1S/C11H14N2O3S2/c1-2-9-5-6-11(17-9)18(15,16)13-7-3-4-10(13)12-8-14/h5-6,10H,2-4,7H2,1H3. The van der Waals surface area contributed by atoms with Crippen LogP contribution in [0.25, 0.3) is 0 Å². The van der Waals surface area contributed by atoms with Crippen molar-refractivity contribution >= 4 is 27.4 Å². The van der Waals surface area contributed by atoms with E-state index in [0.29, 0.717) is 17.2 Å². The summed E-state index contributed by atoms with van der Waals surface area (Å²) in [5.74, 6) is 0. The number of nitrogens with zero attached hydrogens (tertiary/aromatic N) is 2. The number of sulfonamides is 1. The molecule has 0 bridgehead atoms. The topological polar surface area (TPSA) is 66.8 Å². The summed E-state index contributed by atoms with van der Waals surface area (Å²) in [4.78, 5) is 14.9. The third-order valence-corrected chi connectivity index (χ3v) is 6.52. The number of aliphatic imine (C=N–C) groups is 1. The number of rotatable bonds is 4. The molecular formula is C11H14N2O3S2. The molecule has 98 valence electrons. The van der Waals surface area contributed by atoms with Crippen LogP contribution in [-0.2, 0) is 21.2 Å². The maximum atomic E-state index is 12.4. The lowest BCUT2D eigenvalue weighted by Gasteiger charge is -2.18. The van der Waals surface area contributed by atoms with Crippen molar-refractivity contribution in [3.63, 3.8) is 0 Å². The summed E-state index contributed by atoms with van der Waals surface area (Å²) in [5, 5.41) is 0. The van der Waals surface area contributed by atoms with Gasteiger partial charge in [0.05, 0.1) is 0 Å². The molecular weight excluding hydrogens is 272 g/mol. The van der Waals surface area contributed by atoms with E-state index in [1.165, 1.54) is 21.7 Å². The van der Waals surface area contributed by atoms with E-state index in [-0.39, 0.29) is 0 Å². The van der Waals surface area contributed by atoms with Crippen molar-refractivity contribution in [1.29, 1.82) is 0 Å². The molecule has 1 aliphatic heterocycles. The summed E-state index contributed by atoms with van der Waals surface area (Å²) < 4.78 is 26.4. The van der Waals surface area contributed by atoms with Crippen molar-refractivity contribution in [1.82, 2.24) is 4.31 Å². The molecule has 18 heavy (non-hydrogen) atoms. The SMILES string of the molecule is CCc1ccc(S(=O)(=O)N2CCCC2N=C=O)s1. The van der Waals surface area contributed by atoms with Crippen LogP contribution in [0.15, 0.2) is 21.3 Å². The lowest BCUT2D eigenvalue weighted by Crippen LogP contribution is -2.33. The van der Waals surface area contributed by atoms with Gasteiger partial charge in [0.25, 0.3) is 10.0 Å². The minimum absolute atomic E-state index is 0.326. The first kappa shape index (κ1) is 13.4. The molecule has 7 heteroatoms. The number of aryl methyl sites for hydroxylation is 1. The van der Waals surface area contributed by atoms with E-state index in [2.05, 4.69) is 4.99 Å². The lowest BCUT2D eigenvalue weighted by molar-refractivity contribution is 0.397. The van der Waals surface area contributed by atoms with Gasteiger partial charge in [-0.3, -0.25) is 0 Å². The van der Waals surface area contributed by atoms with Crippen LogP contribution in [0.3, 0.4) is 0 Å². The van der Waals surface area contributed by atoms with Crippen molar-refractivity contribution in [2.75, 3.05) is 6.54 Å². The van der Waals surface area contributed by atoms with Gasteiger partial charge in [-0.1, -0.05) is 6.92 Å². The normalized spacial score (nSPS) is 20.8. The second-order valence-electron chi connectivity index (χ2n) is 4.03. The van der Waals surface area contributed by atoms with Gasteiger partial charge in [0.15, 0.2) is 0 Å². The monoisotopic (exact) mass is 286 g/mol. The number of hydrogen-bond acceptors (Lipinski definition) is 5. The van der Waals surface area contributed by atoms with Crippen LogP contribution in [0.5, 0.6) is 0 Å². The van der Waals surface area contributed by atoms with Crippen LogP contribution in [0.1, 0.15) is 24.6 Å². The molecule has 1 atom stereocenters. The lowest BCUT2D eigenvalue weighted by atomic mass is 10.3. The summed E-state index contributed by atoms with van der Waals surface area (Å²) in [7, 11) is -3.52. The van der Waals surface area contributed by atoms with Crippen LogP contribution >= 0.6 is 11.3 Å². The maximum Gasteiger partial charge on any atom is 0.254 e. The van der Waals surface area contributed by atoms with Gasteiger partial charge >= 0.3 is 0 Å². The molecule has 0 amide bonds. The molecule has 0 spiro atoms. The van der Waals surface area contributed by atoms with E-state index in [1.54, 1.807) is 6.07 Å². The van der Waals surface area contributed by atoms with Gasteiger partial charge in [-0.25, -0.2) is 13.2 Å². The molecule has 5 nitrogen and oxygen atoms in total. The predicted molar refractivity (Wildman–Crippen MR) is 68.7 cm³/mol. The molecule has 1 saturated heterocycles. The summed E-state index contributed by atoms with van der Waals surface area (Å²) in [5.41, 5.74) is 0. The van der Waals surface area contributed by atoms with E-state index in [1.807, 2.05) is 13.0 Å². The Balaban J connectivity index is 2.33. The Hall–Kier alpha value is -1.01. The Kier molecular flexibility index (Phi) is 3.97. The van der Waals surface area contributed by atoms with Crippen molar-refractivity contribution in [3.8, 4) is 0 Å². The zero-order chi connectivity index (χ0) is 13.2. The summed E-state index contributed by atoms with van der Waals surface area (Å²) in [6, 6.07) is 3.45. The zero-order valence-corrected chi connectivity index (χ0v) is 11.6. The fourth-order valence-corrected chi connectivity index (χ4v) is 5.01. The van der Waals surface area contributed by atoms with Gasteiger partial charge in [-0.2, -0.15) is 9.30 Å². The summed E-state index contributed by atoms with van der Waals surface area (Å²) in [6.45, 7) is 2.40. The highest BCUT2D eigenvalue weighted by Crippen LogP contribution is 2.30. The molecule has 2 rings (SSSR count). The first-order chi connectivity index (χ1) is 8.59. The Morgan fingerprint density at radius 3 is 2.94 bits per heavy atom. The van der Waals surface area contributed by atoms with Crippen molar-refractivity contribution in [3.05, 3.63) is 17.0 Å². The van der Waals surface area contributed by atoms with Crippen LogP contribution in [0, 0.1) is 0 Å². The average Bonchev–Trinajstić information content (AvgIpc) is 2.97. The van der Waals surface area contributed by atoms with E-state index < -0.39 is 16.2 Å². The minimum Gasteiger partial charge on any atom is -0.211 e. The van der Waals surface area contributed by atoms with Gasteiger partial charge in [0, 0.05) is 11.4 Å². The first-order valence-electron chi connectivity index (χ1n) is 5.77. The molecule has 2 heterocycles. The van der Waals surface area contributed by atoms with E-state index in [4.69, 9.17) is 0 Å². The van der Waals surface area contributed by atoms with E-state index in [0.717, 1.165) is 17.7 Å². The Morgan fingerprint density at radius 1 is 1.56 bits per heavy atom. The molecule has 1 aromatic rings. The number of hydrogen-bond donors (Lipinski definition) is 0. The molecule has 1 unspecified atom stereocenters. The third kappa shape index (κ3) is 2.40. The molecule has 0 N–H and O–H groups in total. The second kappa shape index (κ2) is 5.32. The third-order valence-electron chi connectivity index (χ3n) is 2.92. The first-order valence-corrected chi connectivity index (χ1v) is 8.02. The molecule has 0 saturated carbocycles.